The van der Waals surface area contributed by atoms with Gasteiger partial charge in [-0.05, 0) is 60.4 Å². The molecule has 26 heavy (non-hydrogen) atoms. The summed E-state index contributed by atoms with van der Waals surface area (Å²) in [5.74, 6) is -0.275. The minimum Gasteiger partial charge on any atom is -0.460 e. The van der Waals surface area contributed by atoms with E-state index in [1.165, 1.54) is 6.92 Å². The van der Waals surface area contributed by atoms with E-state index in [1.54, 1.807) is 24.3 Å². The lowest BCUT2D eigenvalue weighted by Crippen LogP contribution is -2.49. The average Bonchev–Trinajstić information content (AvgIpc) is 2.58. The van der Waals surface area contributed by atoms with Gasteiger partial charge in [-0.3, -0.25) is 4.79 Å². The highest BCUT2D eigenvalue weighted by atomic mass is 127. The summed E-state index contributed by atoms with van der Waals surface area (Å²) in [5, 5.41) is 0. The Kier molecular flexibility index (Phi) is 7.66. The van der Waals surface area contributed by atoms with E-state index in [0.717, 1.165) is 37.7 Å². The molecule has 1 aliphatic carbocycles. The molecule has 7 heteroatoms. The number of rotatable bonds is 7. The van der Waals surface area contributed by atoms with Gasteiger partial charge in [0.15, 0.2) is 0 Å². The number of nitrogens with one attached hydrogen (secondary N) is 1. The van der Waals surface area contributed by atoms with Crippen molar-refractivity contribution in [2.45, 2.75) is 63.0 Å². The molecule has 5 nitrogen and oxygen atoms in total. The van der Waals surface area contributed by atoms with Crippen LogP contribution in [0.3, 0.4) is 0 Å². The molecule has 1 N–H and O–H groups in total. The van der Waals surface area contributed by atoms with Gasteiger partial charge in [0.1, 0.15) is 6.10 Å². The Hall–Kier alpha value is -0.930. The van der Waals surface area contributed by atoms with Gasteiger partial charge in [-0.15, -0.1) is 0 Å². The molecule has 0 unspecified atom stereocenters. The van der Waals surface area contributed by atoms with Crippen molar-refractivity contribution in [3.8, 4) is 0 Å². The van der Waals surface area contributed by atoms with Gasteiger partial charge in [-0.1, -0.05) is 43.5 Å². The van der Waals surface area contributed by atoms with Crippen molar-refractivity contribution in [3.05, 3.63) is 40.0 Å². The van der Waals surface area contributed by atoms with E-state index in [4.69, 9.17) is 4.74 Å². The third-order valence-electron chi connectivity index (χ3n) is 4.70. The Labute approximate surface area is 169 Å². The molecule has 144 valence electrons. The maximum atomic E-state index is 12.8. The standard InChI is InChI=1S/C19H26INO4S/c1-13-9-11-17(12-10-13)26(23,24)21-18(14(2)20)19(25-15(3)22)16-7-5-4-6-8-16/h9-12,16,18-19,21H,2,4-8H2,1,3H3/t18-,19+/m1/s1. The number of sulfonamides is 1. The molecule has 0 spiro atoms. The Balaban J connectivity index is 2.30. The lowest BCUT2D eigenvalue weighted by atomic mass is 9.82. The minimum absolute atomic E-state index is 0.130. The molecule has 1 aliphatic rings. The maximum absolute atomic E-state index is 12.8. The van der Waals surface area contributed by atoms with E-state index in [-0.39, 0.29) is 10.8 Å². The van der Waals surface area contributed by atoms with Crippen LogP contribution in [0, 0.1) is 12.8 Å². The lowest BCUT2D eigenvalue weighted by molar-refractivity contribution is -0.150. The number of carbonyl (C=O) groups is 1. The number of benzene rings is 1. The predicted octanol–water partition coefficient (Wildman–Crippen LogP) is 4.10. The van der Waals surface area contributed by atoms with Gasteiger partial charge in [0.05, 0.1) is 10.9 Å². The van der Waals surface area contributed by atoms with Crippen LogP contribution in [0.1, 0.15) is 44.6 Å². The zero-order valence-electron chi connectivity index (χ0n) is 15.2. The van der Waals surface area contributed by atoms with E-state index in [9.17, 15) is 13.2 Å². The minimum atomic E-state index is -3.75. The molecule has 1 saturated carbocycles. The Morgan fingerprint density at radius 1 is 1.23 bits per heavy atom. The van der Waals surface area contributed by atoms with E-state index in [1.807, 2.05) is 29.5 Å². The molecule has 1 fully saturated rings. The summed E-state index contributed by atoms with van der Waals surface area (Å²) in [6.07, 6.45) is 4.59. The van der Waals surface area contributed by atoms with Gasteiger partial charge in [0, 0.05) is 10.5 Å². The topological polar surface area (TPSA) is 72.5 Å². The third-order valence-corrected chi connectivity index (χ3v) is 6.82. The van der Waals surface area contributed by atoms with Crippen molar-refractivity contribution in [1.29, 1.82) is 0 Å². The molecule has 0 amide bonds. The normalized spacial score (nSPS) is 18.1. The molecule has 0 bridgehead atoms. The van der Waals surface area contributed by atoms with Gasteiger partial charge in [0.25, 0.3) is 0 Å². The molecular formula is C19H26INO4S. The van der Waals surface area contributed by atoms with Crippen LogP contribution in [0.2, 0.25) is 0 Å². The summed E-state index contributed by atoms with van der Waals surface area (Å²) in [5.41, 5.74) is 0.985. The van der Waals surface area contributed by atoms with Crippen molar-refractivity contribution in [2.75, 3.05) is 0 Å². The summed E-state index contributed by atoms with van der Waals surface area (Å²) in [6, 6.07) is 6.01. The molecule has 0 aliphatic heterocycles. The number of halogens is 1. The number of ether oxygens (including phenoxy) is 1. The van der Waals surface area contributed by atoms with Crippen molar-refractivity contribution in [2.24, 2.45) is 5.92 Å². The molecule has 0 aromatic heterocycles. The Morgan fingerprint density at radius 3 is 2.31 bits per heavy atom. The first kappa shape index (κ1) is 21.4. The van der Waals surface area contributed by atoms with E-state index in [2.05, 4.69) is 11.3 Å². The van der Waals surface area contributed by atoms with Crippen LogP contribution in [-0.4, -0.2) is 26.5 Å². The Morgan fingerprint density at radius 2 is 1.81 bits per heavy atom. The summed E-state index contributed by atoms with van der Waals surface area (Å²) in [7, 11) is -3.75. The van der Waals surface area contributed by atoms with Crippen LogP contribution in [-0.2, 0) is 19.6 Å². The van der Waals surface area contributed by atoms with Crippen molar-refractivity contribution in [3.63, 3.8) is 0 Å². The van der Waals surface area contributed by atoms with Crippen LogP contribution < -0.4 is 4.72 Å². The van der Waals surface area contributed by atoms with E-state index < -0.39 is 28.1 Å². The summed E-state index contributed by atoms with van der Waals surface area (Å²) in [6.45, 7) is 7.20. The second kappa shape index (κ2) is 9.32. The fourth-order valence-electron chi connectivity index (χ4n) is 3.35. The van der Waals surface area contributed by atoms with Crippen molar-refractivity contribution < 1.29 is 17.9 Å². The Bertz CT molecular complexity index is 739. The number of aryl methyl sites for hydroxylation is 1. The number of hydrogen-bond acceptors (Lipinski definition) is 4. The van der Waals surface area contributed by atoms with Gasteiger partial charge in [0.2, 0.25) is 10.0 Å². The first-order valence-corrected chi connectivity index (χ1v) is 11.4. The summed E-state index contributed by atoms with van der Waals surface area (Å²) in [4.78, 5) is 11.9. The quantitative estimate of drug-likeness (QED) is 0.461. The highest BCUT2D eigenvalue weighted by Crippen LogP contribution is 2.33. The van der Waals surface area contributed by atoms with Crippen LogP contribution in [0.5, 0.6) is 0 Å². The van der Waals surface area contributed by atoms with Crippen LogP contribution >= 0.6 is 22.6 Å². The first-order chi connectivity index (χ1) is 12.2. The van der Waals surface area contributed by atoms with Gasteiger partial charge in [-0.2, -0.15) is 4.72 Å². The zero-order valence-corrected chi connectivity index (χ0v) is 18.2. The van der Waals surface area contributed by atoms with Gasteiger partial charge in [-0.25, -0.2) is 8.42 Å². The first-order valence-electron chi connectivity index (χ1n) is 8.81. The monoisotopic (exact) mass is 491 g/mol. The summed E-state index contributed by atoms with van der Waals surface area (Å²) >= 11 is 2.01. The molecule has 0 saturated heterocycles. The lowest BCUT2D eigenvalue weighted by Gasteiger charge is -2.35. The fourth-order valence-corrected chi connectivity index (χ4v) is 5.32. The van der Waals surface area contributed by atoms with Gasteiger partial charge >= 0.3 is 5.97 Å². The molecule has 2 atom stereocenters. The van der Waals surface area contributed by atoms with Crippen LogP contribution in [0.15, 0.2) is 39.3 Å². The van der Waals surface area contributed by atoms with Crippen molar-refractivity contribution in [1.82, 2.24) is 4.72 Å². The van der Waals surface area contributed by atoms with Gasteiger partial charge < -0.3 is 4.74 Å². The third kappa shape index (κ3) is 5.79. The smallest absolute Gasteiger partial charge is 0.302 e. The molecular weight excluding hydrogens is 465 g/mol. The van der Waals surface area contributed by atoms with Crippen LogP contribution in [0.4, 0.5) is 0 Å². The van der Waals surface area contributed by atoms with Crippen molar-refractivity contribution >= 4 is 38.6 Å². The molecule has 0 radical (unpaired) electrons. The highest BCUT2D eigenvalue weighted by molar-refractivity contribution is 14.1. The summed E-state index contributed by atoms with van der Waals surface area (Å²) < 4.78 is 34.6. The molecule has 1 aromatic rings. The molecule has 1 aromatic carbocycles. The zero-order chi connectivity index (χ0) is 19.3. The van der Waals surface area contributed by atoms with Crippen LogP contribution in [0.25, 0.3) is 0 Å². The highest BCUT2D eigenvalue weighted by Gasteiger charge is 2.36. The maximum Gasteiger partial charge on any atom is 0.302 e. The molecule has 0 heterocycles. The fraction of sp³-hybridized carbons (Fsp3) is 0.526. The number of hydrogen-bond donors (Lipinski definition) is 1. The van der Waals surface area contributed by atoms with E-state index >= 15 is 0 Å². The SMILES string of the molecule is C=C(I)[C@@H](NS(=O)(=O)c1ccc(C)cc1)[C@@H](OC(C)=O)C1CCCCC1. The molecule has 2 rings (SSSR count). The largest absolute Gasteiger partial charge is 0.460 e. The van der Waals surface area contributed by atoms with E-state index in [0.29, 0.717) is 3.58 Å². The average molecular weight is 491 g/mol. The predicted molar refractivity (Wildman–Crippen MR) is 111 cm³/mol. The second-order valence-electron chi connectivity index (χ2n) is 6.83. The second-order valence-corrected chi connectivity index (χ2v) is 9.93. The number of esters is 1. The number of carbonyl (C=O) groups excluding carboxylic acids is 1.